The minimum Gasteiger partial charge on any atom is -0.444 e. The van der Waals surface area contributed by atoms with E-state index in [-0.39, 0.29) is 12.1 Å². The zero-order chi connectivity index (χ0) is 22.0. The van der Waals surface area contributed by atoms with Crippen molar-refractivity contribution in [3.05, 3.63) is 65.5 Å². The second kappa shape index (κ2) is 8.41. The highest BCUT2D eigenvalue weighted by Gasteiger charge is 2.25. The van der Waals surface area contributed by atoms with E-state index < -0.39 is 5.60 Å². The Morgan fingerprint density at radius 3 is 2.48 bits per heavy atom. The Morgan fingerprint density at radius 1 is 1.06 bits per heavy atom. The van der Waals surface area contributed by atoms with E-state index in [9.17, 15) is 9.59 Å². The third-order valence-electron chi connectivity index (χ3n) is 5.34. The largest absolute Gasteiger partial charge is 0.444 e. The molecule has 162 valence electrons. The number of anilines is 1. The molecular weight excluding hydrogens is 392 g/mol. The van der Waals surface area contributed by atoms with E-state index in [0.29, 0.717) is 26.2 Å². The number of urea groups is 1. The summed E-state index contributed by atoms with van der Waals surface area (Å²) >= 11 is 0. The minimum atomic E-state index is -0.490. The van der Waals surface area contributed by atoms with Crippen LogP contribution in [0.15, 0.2) is 48.7 Å². The van der Waals surface area contributed by atoms with Gasteiger partial charge in [0.1, 0.15) is 5.60 Å². The number of pyridine rings is 1. The number of rotatable bonds is 2. The van der Waals surface area contributed by atoms with E-state index in [2.05, 4.69) is 16.4 Å². The van der Waals surface area contributed by atoms with Crippen LogP contribution >= 0.6 is 0 Å². The predicted molar refractivity (Wildman–Crippen MR) is 119 cm³/mol. The summed E-state index contributed by atoms with van der Waals surface area (Å²) in [7, 11) is 0. The maximum atomic E-state index is 12.6. The lowest BCUT2D eigenvalue weighted by molar-refractivity contribution is 0.0270. The summed E-state index contributed by atoms with van der Waals surface area (Å²) in [4.78, 5) is 32.6. The quantitative estimate of drug-likeness (QED) is 0.767. The lowest BCUT2D eigenvalue weighted by Gasteiger charge is -2.29. The zero-order valence-corrected chi connectivity index (χ0v) is 18.2. The minimum absolute atomic E-state index is 0.129. The van der Waals surface area contributed by atoms with E-state index in [0.717, 1.165) is 28.9 Å². The molecule has 0 saturated heterocycles. The van der Waals surface area contributed by atoms with Crippen LogP contribution in [0.5, 0.6) is 0 Å². The van der Waals surface area contributed by atoms with Crippen LogP contribution < -0.4 is 5.32 Å². The maximum absolute atomic E-state index is 12.6. The molecule has 0 atom stereocenters. The summed E-state index contributed by atoms with van der Waals surface area (Å²) in [6.45, 7) is 7.88. The Balaban J connectivity index is 1.33. The third-order valence-corrected chi connectivity index (χ3v) is 5.34. The molecule has 1 N–H and O–H groups in total. The molecular formula is C24H28N4O3. The lowest BCUT2D eigenvalue weighted by atomic mass is 9.99. The monoisotopic (exact) mass is 420 g/mol. The van der Waals surface area contributed by atoms with E-state index >= 15 is 0 Å². The molecule has 4 rings (SSSR count). The van der Waals surface area contributed by atoms with Crippen LogP contribution in [0.1, 0.15) is 44.0 Å². The van der Waals surface area contributed by atoms with Gasteiger partial charge >= 0.3 is 12.1 Å². The van der Waals surface area contributed by atoms with Crippen LogP contribution in [-0.2, 0) is 17.8 Å². The van der Waals surface area contributed by atoms with Gasteiger partial charge in [-0.15, -0.1) is 0 Å². The number of nitrogens with one attached hydrogen (secondary N) is 1. The van der Waals surface area contributed by atoms with Gasteiger partial charge in [-0.05, 0) is 62.1 Å². The first-order chi connectivity index (χ1) is 14.8. The average molecular weight is 421 g/mol. The van der Waals surface area contributed by atoms with Crippen LogP contribution in [0.3, 0.4) is 0 Å². The van der Waals surface area contributed by atoms with Gasteiger partial charge in [0, 0.05) is 31.5 Å². The fraction of sp³-hybridized carbons (Fsp3) is 0.375. The van der Waals surface area contributed by atoms with Gasteiger partial charge in [0.15, 0.2) is 0 Å². The zero-order valence-electron chi connectivity index (χ0n) is 18.2. The van der Waals surface area contributed by atoms with E-state index in [1.165, 1.54) is 5.57 Å². The standard InChI is InChI=1S/C24H28N4O3/c1-24(2,3)31-23(30)27-13-10-18(11-14-27)17-6-8-20(9-7-17)26-22(29)28-15-19-5-4-12-25-21(19)16-28/h4-10,12H,11,13-16H2,1-3H3,(H,26,29). The Kier molecular flexibility index (Phi) is 5.67. The van der Waals surface area contributed by atoms with Gasteiger partial charge in [0.05, 0.1) is 12.2 Å². The van der Waals surface area contributed by atoms with Crippen LogP contribution in [-0.4, -0.2) is 45.6 Å². The second-order valence-corrected chi connectivity index (χ2v) is 8.88. The number of hydrogen-bond acceptors (Lipinski definition) is 4. The molecule has 3 amide bonds. The number of fused-ring (bicyclic) bond motifs is 1. The van der Waals surface area contributed by atoms with E-state index in [1.54, 1.807) is 16.0 Å². The van der Waals surface area contributed by atoms with Gasteiger partial charge < -0.3 is 19.9 Å². The molecule has 0 bridgehead atoms. The SMILES string of the molecule is CC(C)(C)OC(=O)N1CC=C(c2ccc(NC(=O)N3Cc4cccnc4C3)cc2)CC1. The molecule has 0 aliphatic carbocycles. The van der Waals surface area contributed by atoms with Crippen molar-refractivity contribution in [2.75, 3.05) is 18.4 Å². The molecule has 1 aromatic heterocycles. The molecule has 0 saturated carbocycles. The van der Waals surface area contributed by atoms with Crippen LogP contribution in [0, 0.1) is 0 Å². The third kappa shape index (κ3) is 5.05. The number of benzene rings is 1. The Hall–Kier alpha value is -3.35. The van der Waals surface area contributed by atoms with Crippen LogP contribution in [0.4, 0.5) is 15.3 Å². The number of amides is 3. The van der Waals surface area contributed by atoms with Crippen molar-refractivity contribution in [1.29, 1.82) is 0 Å². The van der Waals surface area contributed by atoms with Crippen molar-refractivity contribution < 1.29 is 14.3 Å². The number of carbonyl (C=O) groups excluding carboxylic acids is 2. The van der Waals surface area contributed by atoms with Crippen LogP contribution in [0.2, 0.25) is 0 Å². The summed E-state index contributed by atoms with van der Waals surface area (Å²) in [6, 6.07) is 11.6. The summed E-state index contributed by atoms with van der Waals surface area (Å²) < 4.78 is 5.44. The van der Waals surface area contributed by atoms with Gasteiger partial charge in [-0.3, -0.25) is 4.98 Å². The fourth-order valence-electron chi connectivity index (χ4n) is 3.74. The molecule has 2 aromatic rings. The maximum Gasteiger partial charge on any atom is 0.410 e. The van der Waals surface area contributed by atoms with Gasteiger partial charge in [0.25, 0.3) is 0 Å². The Morgan fingerprint density at radius 2 is 1.84 bits per heavy atom. The molecule has 2 aliphatic heterocycles. The molecule has 0 spiro atoms. The fourth-order valence-corrected chi connectivity index (χ4v) is 3.74. The molecule has 0 unspecified atom stereocenters. The molecule has 2 aliphatic rings. The van der Waals surface area contributed by atoms with Crippen molar-refractivity contribution >= 4 is 23.4 Å². The normalized spacial score (nSPS) is 15.9. The molecule has 7 nitrogen and oxygen atoms in total. The van der Waals surface area contributed by atoms with Gasteiger partial charge in [-0.2, -0.15) is 0 Å². The molecule has 0 radical (unpaired) electrons. The highest BCUT2D eigenvalue weighted by atomic mass is 16.6. The average Bonchev–Trinajstić information content (AvgIpc) is 3.18. The molecule has 7 heteroatoms. The first kappa shape index (κ1) is 20.9. The summed E-state index contributed by atoms with van der Waals surface area (Å²) in [5.74, 6) is 0. The molecule has 3 heterocycles. The number of carbonyl (C=O) groups is 2. The molecule has 31 heavy (non-hydrogen) atoms. The van der Waals surface area contributed by atoms with Gasteiger partial charge in [-0.1, -0.05) is 24.3 Å². The number of nitrogens with zero attached hydrogens (tertiary/aromatic N) is 3. The van der Waals surface area contributed by atoms with Crippen molar-refractivity contribution in [3.63, 3.8) is 0 Å². The van der Waals surface area contributed by atoms with Gasteiger partial charge in [0.2, 0.25) is 0 Å². The summed E-state index contributed by atoms with van der Waals surface area (Å²) in [5.41, 5.74) is 4.61. The highest BCUT2D eigenvalue weighted by molar-refractivity contribution is 5.90. The Labute approximate surface area is 182 Å². The van der Waals surface area contributed by atoms with Gasteiger partial charge in [-0.25, -0.2) is 9.59 Å². The molecule has 0 fully saturated rings. The molecule has 1 aromatic carbocycles. The van der Waals surface area contributed by atoms with Crippen LogP contribution in [0.25, 0.3) is 5.57 Å². The number of aromatic nitrogens is 1. The van der Waals surface area contributed by atoms with E-state index in [4.69, 9.17) is 4.74 Å². The second-order valence-electron chi connectivity index (χ2n) is 8.88. The first-order valence-corrected chi connectivity index (χ1v) is 10.5. The van der Waals surface area contributed by atoms with Crippen molar-refractivity contribution in [3.8, 4) is 0 Å². The topological polar surface area (TPSA) is 74.8 Å². The first-order valence-electron chi connectivity index (χ1n) is 10.5. The number of hydrogen-bond donors (Lipinski definition) is 1. The summed E-state index contributed by atoms with van der Waals surface area (Å²) in [5, 5.41) is 2.96. The van der Waals surface area contributed by atoms with Crippen molar-refractivity contribution in [2.45, 2.75) is 45.9 Å². The lowest BCUT2D eigenvalue weighted by Crippen LogP contribution is -2.39. The number of ether oxygens (including phenoxy) is 1. The Bertz CT molecular complexity index is 983. The smallest absolute Gasteiger partial charge is 0.410 e. The summed E-state index contributed by atoms with van der Waals surface area (Å²) in [6.07, 6.45) is 4.31. The van der Waals surface area contributed by atoms with E-state index in [1.807, 2.05) is 57.2 Å². The highest BCUT2D eigenvalue weighted by Crippen LogP contribution is 2.26. The predicted octanol–water partition coefficient (Wildman–Crippen LogP) is 4.65. The van der Waals surface area contributed by atoms with Crippen molar-refractivity contribution in [1.82, 2.24) is 14.8 Å². The van der Waals surface area contributed by atoms with Crippen molar-refractivity contribution in [2.24, 2.45) is 0 Å².